The van der Waals surface area contributed by atoms with Crippen molar-refractivity contribution in [2.75, 3.05) is 38.1 Å². The minimum atomic E-state index is -5.37. The molecule has 1 aromatic carbocycles. The second kappa shape index (κ2) is 8.05. The van der Waals surface area contributed by atoms with Gasteiger partial charge in [-0.1, -0.05) is 13.7 Å². The fourth-order valence-corrected chi connectivity index (χ4v) is 3.38. The predicted octanol–water partition coefficient (Wildman–Crippen LogP) is 1.29. The van der Waals surface area contributed by atoms with Crippen molar-refractivity contribution in [3.63, 3.8) is 0 Å². The third-order valence-corrected chi connectivity index (χ3v) is 5.11. The van der Waals surface area contributed by atoms with Crippen molar-refractivity contribution >= 4 is 21.4 Å². The van der Waals surface area contributed by atoms with Crippen LogP contribution in [0.5, 0.6) is 5.75 Å². The first-order chi connectivity index (χ1) is 16.8. The molecule has 8 heteroatoms. The summed E-state index contributed by atoms with van der Waals surface area (Å²) in [4.78, 5) is 13.0. The molecular formula is C17H27N3O4S. The van der Waals surface area contributed by atoms with Gasteiger partial charge in [-0.3, -0.25) is 9.69 Å². The molecule has 1 saturated heterocycles. The third kappa shape index (κ3) is 4.24. The lowest BCUT2D eigenvalue weighted by atomic mass is 10.1. The molecule has 1 aromatic rings. The van der Waals surface area contributed by atoms with Crippen molar-refractivity contribution in [1.82, 2.24) is 10.2 Å². The van der Waals surface area contributed by atoms with Crippen LogP contribution in [0.1, 0.15) is 54.7 Å². The number of benzene rings is 1. The van der Waals surface area contributed by atoms with E-state index < -0.39 is 76.6 Å². The van der Waals surface area contributed by atoms with E-state index in [0.29, 0.717) is 25.0 Å². The second-order valence-electron chi connectivity index (χ2n) is 5.41. The normalized spacial score (nSPS) is 28.6. The molecule has 1 atom stereocenters. The number of likely N-dealkylation sites (N-methyl/N-ethyl adjacent to an activating group) is 1. The van der Waals surface area contributed by atoms with E-state index in [0.717, 1.165) is 4.90 Å². The molecule has 0 saturated carbocycles. The summed E-state index contributed by atoms with van der Waals surface area (Å²) in [6.07, 6.45) is 0.715. The lowest BCUT2D eigenvalue weighted by Gasteiger charge is -2.23. The van der Waals surface area contributed by atoms with Crippen molar-refractivity contribution in [3.05, 3.63) is 17.7 Å². The zero-order valence-corrected chi connectivity index (χ0v) is 13.9. The standard InChI is InChI=1S/C17H27N3O4S/c1-4-20-8-6-7-12(20)11-19-17(21)13-9-16(25(22,23)5-2)14(18)10-15(13)24-3/h9-10,12H,4-8,11,18H2,1-3H3,(H,19,21)/i1D3,2D3,3D3,4D2,5D2. The Hall–Kier alpha value is -1.80. The Bertz CT molecular complexity index is 1160. The van der Waals surface area contributed by atoms with Crippen LogP contribution in [0.2, 0.25) is 0 Å². The average Bonchev–Trinajstić information content (AvgIpc) is 3.18. The molecule has 3 N–H and O–H groups in total. The number of methoxy groups -OCH3 is 1. The van der Waals surface area contributed by atoms with E-state index in [1.54, 1.807) is 0 Å². The quantitative estimate of drug-likeness (QED) is 0.689. The van der Waals surface area contributed by atoms with E-state index in [1.807, 2.05) is 0 Å². The predicted molar refractivity (Wildman–Crippen MR) is 97.7 cm³/mol. The van der Waals surface area contributed by atoms with Gasteiger partial charge in [0.15, 0.2) is 9.84 Å². The minimum absolute atomic E-state index is 0.0772. The number of nitrogen functional groups attached to an aromatic ring is 1. The Labute approximate surface area is 167 Å². The molecule has 7 nitrogen and oxygen atoms in total. The fraction of sp³-hybridized carbons (Fsp3) is 0.588. The number of carbonyl (C=O) groups is 1. The summed E-state index contributed by atoms with van der Waals surface area (Å²) in [7, 11) is -8.50. The summed E-state index contributed by atoms with van der Waals surface area (Å²) in [6, 6.07) is 0.348. The van der Waals surface area contributed by atoms with Crippen LogP contribution in [0.15, 0.2) is 17.0 Å². The van der Waals surface area contributed by atoms with Crippen LogP contribution in [0.3, 0.4) is 0 Å². The first kappa shape index (κ1) is 8.26. The molecule has 140 valence electrons. The maximum absolute atomic E-state index is 13.1. The molecule has 1 fully saturated rings. The summed E-state index contributed by atoms with van der Waals surface area (Å²) in [5.41, 5.74) is 0.342. The molecule has 25 heavy (non-hydrogen) atoms. The number of likely N-dealkylation sites (tertiary alicyclic amines) is 1. The van der Waals surface area contributed by atoms with E-state index in [4.69, 9.17) is 28.3 Å². The number of nitrogens with two attached hydrogens (primary N) is 1. The van der Waals surface area contributed by atoms with Crippen LogP contribution in [-0.2, 0) is 9.84 Å². The van der Waals surface area contributed by atoms with E-state index in [2.05, 4.69) is 5.32 Å². The lowest BCUT2D eigenvalue weighted by molar-refractivity contribution is 0.0938. The number of hydrogen-bond donors (Lipinski definition) is 2. The van der Waals surface area contributed by atoms with E-state index in [9.17, 15) is 13.2 Å². The van der Waals surface area contributed by atoms with Gasteiger partial charge in [-0.25, -0.2) is 8.42 Å². The van der Waals surface area contributed by atoms with Gasteiger partial charge in [0.25, 0.3) is 5.91 Å². The third-order valence-electron chi connectivity index (χ3n) is 3.91. The van der Waals surface area contributed by atoms with E-state index >= 15 is 0 Å². The Morgan fingerprint density at radius 1 is 1.52 bits per heavy atom. The van der Waals surface area contributed by atoms with Crippen LogP contribution in [0.25, 0.3) is 0 Å². The lowest BCUT2D eigenvalue weighted by Crippen LogP contribution is -2.40. The molecular weight excluding hydrogens is 342 g/mol. The molecule has 1 aliphatic heterocycles. The van der Waals surface area contributed by atoms with Crippen molar-refractivity contribution in [3.8, 4) is 5.75 Å². The molecule has 1 heterocycles. The van der Waals surface area contributed by atoms with Gasteiger partial charge in [-0.15, -0.1) is 0 Å². The summed E-state index contributed by atoms with van der Waals surface area (Å²) in [6.45, 7) is -9.62. The number of amides is 1. The number of nitrogens with one attached hydrogen (secondary N) is 1. The molecule has 0 spiro atoms. The zero-order valence-electron chi connectivity index (χ0n) is 26.1. The summed E-state index contributed by atoms with van der Waals surface area (Å²) < 4.78 is 128. The highest BCUT2D eigenvalue weighted by molar-refractivity contribution is 7.91. The molecule has 0 aliphatic carbocycles. The topological polar surface area (TPSA) is 102 Å². The second-order valence-corrected chi connectivity index (χ2v) is 7.06. The van der Waals surface area contributed by atoms with Gasteiger partial charge in [0.1, 0.15) is 5.75 Å². The van der Waals surface area contributed by atoms with Gasteiger partial charge in [-0.05, 0) is 31.9 Å². The Morgan fingerprint density at radius 3 is 3.08 bits per heavy atom. The van der Waals surface area contributed by atoms with Crippen LogP contribution in [0, 0.1) is 0 Å². The number of rotatable bonds is 7. The van der Waals surface area contributed by atoms with Gasteiger partial charge in [0, 0.05) is 32.4 Å². The monoisotopic (exact) mass is 382 g/mol. The van der Waals surface area contributed by atoms with Crippen molar-refractivity contribution in [2.45, 2.75) is 37.5 Å². The number of anilines is 1. The molecule has 1 amide bonds. The van der Waals surface area contributed by atoms with Gasteiger partial charge < -0.3 is 15.8 Å². The number of carbonyl (C=O) groups excluding carboxylic acids is 1. The maximum atomic E-state index is 13.1. The Morgan fingerprint density at radius 2 is 2.36 bits per heavy atom. The first-order valence-electron chi connectivity index (χ1n) is 13.8. The molecule has 2 rings (SSSR count). The Kier molecular flexibility index (Phi) is 2.66. The number of ether oxygens (including phenoxy) is 1. The van der Waals surface area contributed by atoms with Crippen molar-refractivity contribution < 1.29 is 35.8 Å². The molecule has 0 aromatic heterocycles. The minimum Gasteiger partial charge on any atom is -0.496 e. The molecule has 0 bridgehead atoms. The van der Waals surface area contributed by atoms with Gasteiger partial charge >= 0.3 is 0 Å². The van der Waals surface area contributed by atoms with Crippen LogP contribution >= 0.6 is 0 Å². The number of nitrogens with zero attached hydrogens (tertiary/aromatic N) is 1. The maximum Gasteiger partial charge on any atom is 0.255 e. The molecule has 1 aliphatic rings. The average molecular weight is 383 g/mol. The van der Waals surface area contributed by atoms with Crippen molar-refractivity contribution in [1.29, 1.82) is 0 Å². The van der Waals surface area contributed by atoms with Gasteiger partial charge in [0.05, 0.1) is 33.0 Å². The van der Waals surface area contributed by atoms with Crippen LogP contribution < -0.4 is 15.8 Å². The van der Waals surface area contributed by atoms with Crippen LogP contribution in [0.4, 0.5) is 5.69 Å². The first-order valence-corrected chi connectivity index (χ1v) is 8.75. The highest BCUT2D eigenvalue weighted by Crippen LogP contribution is 2.29. The smallest absolute Gasteiger partial charge is 0.255 e. The van der Waals surface area contributed by atoms with Crippen LogP contribution in [-0.4, -0.2) is 57.6 Å². The van der Waals surface area contributed by atoms with E-state index in [-0.39, 0.29) is 13.1 Å². The fourth-order valence-electron chi connectivity index (χ4n) is 2.63. The summed E-state index contributed by atoms with van der Waals surface area (Å²) >= 11 is 0. The number of sulfone groups is 1. The largest absolute Gasteiger partial charge is 0.496 e. The zero-order chi connectivity index (χ0) is 29.7. The Balaban J connectivity index is 2.50. The summed E-state index contributed by atoms with van der Waals surface area (Å²) in [5.74, 6) is -1.86. The van der Waals surface area contributed by atoms with Gasteiger partial charge in [-0.2, -0.15) is 0 Å². The SMILES string of the molecule is [2H]C([2H])([2H])Oc1cc(N)c(S(=O)(=O)C([2H])([2H])C([2H])([2H])[2H])cc1C(=O)NCC1CCCN1C([2H])([2H])C([2H])([2H])[2H]. The van der Waals surface area contributed by atoms with Crippen molar-refractivity contribution in [2.24, 2.45) is 0 Å². The van der Waals surface area contributed by atoms with E-state index in [1.165, 1.54) is 0 Å². The molecule has 0 radical (unpaired) electrons. The van der Waals surface area contributed by atoms with Gasteiger partial charge in [0.2, 0.25) is 0 Å². The summed E-state index contributed by atoms with van der Waals surface area (Å²) in [5, 5.41) is 2.35. The number of hydrogen-bond acceptors (Lipinski definition) is 6. The highest BCUT2D eigenvalue weighted by Gasteiger charge is 2.25. The molecule has 1 unspecified atom stereocenters. The highest BCUT2D eigenvalue weighted by atomic mass is 32.2.